The third kappa shape index (κ3) is 3.14. The minimum Gasteiger partial charge on any atom is -0.330 e. The van der Waals surface area contributed by atoms with Crippen LogP contribution in [0.2, 0.25) is 0 Å². The van der Waals surface area contributed by atoms with Crippen molar-refractivity contribution in [2.45, 2.75) is 58.3 Å². The van der Waals surface area contributed by atoms with Gasteiger partial charge in [0.15, 0.2) is 0 Å². The topological polar surface area (TPSA) is 26.0 Å². The van der Waals surface area contributed by atoms with E-state index >= 15 is 0 Å². The van der Waals surface area contributed by atoms with Gasteiger partial charge in [-0.05, 0) is 62.6 Å². The normalized spacial score (nSPS) is 18.8. The van der Waals surface area contributed by atoms with Crippen molar-refractivity contribution in [2.24, 2.45) is 11.7 Å². The van der Waals surface area contributed by atoms with Gasteiger partial charge in [-0.25, -0.2) is 0 Å². The van der Waals surface area contributed by atoms with E-state index in [9.17, 15) is 0 Å². The van der Waals surface area contributed by atoms with Gasteiger partial charge in [-0.3, -0.25) is 0 Å². The maximum absolute atomic E-state index is 5.86. The number of rotatable bonds is 4. The van der Waals surface area contributed by atoms with Crippen LogP contribution in [0.25, 0.3) is 0 Å². The molecule has 1 unspecified atom stereocenters. The van der Waals surface area contributed by atoms with Crippen molar-refractivity contribution in [3.8, 4) is 0 Å². The van der Waals surface area contributed by atoms with Gasteiger partial charge in [-0.2, -0.15) is 0 Å². The first-order chi connectivity index (χ1) is 8.72. The standard InChI is InChI=1S/C17H27N/c1-13-8-9-14(2)17(12-13)16(10-11-18)15-6-4-3-5-7-15/h8-9,12,15-16H,3-7,10-11,18H2,1-2H3. The predicted molar refractivity (Wildman–Crippen MR) is 78.9 cm³/mol. The second kappa shape index (κ2) is 6.38. The first kappa shape index (κ1) is 13.6. The number of aryl methyl sites for hydroxylation is 2. The Morgan fingerprint density at radius 2 is 1.89 bits per heavy atom. The predicted octanol–water partition coefficient (Wildman–Crippen LogP) is 4.32. The van der Waals surface area contributed by atoms with E-state index in [0.29, 0.717) is 5.92 Å². The summed E-state index contributed by atoms with van der Waals surface area (Å²) in [6.07, 6.45) is 8.21. The third-order valence-electron chi connectivity index (χ3n) is 4.53. The third-order valence-corrected chi connectivity index (χ3v) is 4.53. The molecule has 0 aromatic heterocycles. The average molecular weight is 245 g/mol. The van der Waals surface area contributed by atoms with Crippen LogP contribution in [0.3, 0.4) is 0 Å². The van der Waals surface area contributed by atoms with Crippen LogP contribution >= 0.6 is 0 Å². The van der Waals surface area contributed by atoms with Crippen molar-refractivity contribution in [3.05, 3.63) is 34.9 Å². The Morgan fingerprint density at radius 3 is 2.56 bits per heavy atom. The van der Waals surface area contributed by atoms with Gasteiger partial charge >= 0.3 is 0 Å². The zero-order valence-electron chi connectivity index (χ0n) is 11.9. The van der Waals surface area contributed by atoms with E-state index in [0.717, 1.165) is 18.9 Å². The van der Waals surface area contributed by atoms with Gasteiger partial charge in [0, 0.05) is 0 Å². The number of hydrogen-bond acceptors (Lipinski definition) is 1. The minimum absolute atomic E-state index is 0.690. The zero-order chi connectivity index (χ0) is 13.0. The fourth-order valence-electron chi connectivity index (χ4n) is 3.52. The Balaban J connectivity index is 2.24. The van der Waals surface area contributed by atoms with Gasteiger partial charge in [0.25, 0.3) is 0 Å². The van der Waals surface area contributed by atoms with E-state index in [1.807, 2.05) is 0 Å². The second-order valence-electron chi connectivity index (χ2n) is 5.94. The van der Waals surface area contributed by atoms with E-state index in [2.05, 4.69) is 32.0 Å². The smallest absolute Gasteiger partial charge is 0.00713 e. The maximum Gasteiger partial charge on any atom is -0.00713 e. The van der Waals surface area contributed by atoms with Gasteiger partial charge in [0.2, 0.25) is 0 Å². The number of benzene rings is 1. The molecule has 18 heavy (non-hydrogen) atoms. The maximum atomic E-state index is 5.86. The van der Waals surface area contributed by atoms with Crippen LogP contribution in [0, 0.1) is 19.8 Å². The molecular formula is C17H27N. The van der Waals surface area contributed by atoms with Crippen LogP contribution in [0.15, 0.2) is 18.2 Å². The SMILES string of the molecule is Cc1ccc(C)c(C(CCN)C2CCCCC2)c1. The largest absolute Gasteiger partial charge is 0.330 e. The Morgan fingerprint density at radius 1 is 1.17 bits per heavy atom. The molecule has 1 nitrogen and oxygen atoms in total. The van der Waals surface area contributed by atoms with E-state index in [1.165, 1.54) is 43.2 Å². The van der Waals surface area contributed by atoms with Crippen molar-refractivity contribution in [2.75, 3.05) is 6.54 Å². The number of nitrogens with two attached hydrogens (primary N) is 1. The lowest BCUT2D eigenvalue weighted by Gasteiger charge is -2.31. The summed E-state index contributed by atoms with van der Waals surface area (Å²) >= 11 is 0. The summed E-state index contributed by atoms with van der Waals surface area (Å²) in [7, 11) is 0. The Hall–Kier alpha value is -0.820. The lowest BCUT2D eigenvalue weighted by Crippen LogP contribution is -2.20. The highest BCUT2D eigenvalue weighted by Gasteiger charge is 2.25. The molecule has 100 valence electrons. The molecule has 0 amide bonds. The Bertz CT molecular complexity index is 377. The van der Waals surface area contributed by atoms with Gasteiger partial charge in [0.05, 0.1) is 0 Å². The molecule has 0 bridgehead atoms. The van der Waals surface area contributed by atoms with Crippen LogP contribution in [-0.2, 0) is 0 Å². The molecule has 0 spiro atoms. The van der Waals surface area contributed by atoms with E-state index in [4.69, 9.17) is 5.73 Å². The summed E-state index contributed by atoms with van der Waals surface area (Å²) in [6.45, 7) is 5.26. The van der Waals surface area contributed by atoms with Crippen LogP contribution in [0.4, 0.5) is 0 Å². The highest BCUT2D eigenvalue weighted by molar-refractivity contribution is 5.34. The van der Waals surface area contributed by atoms with Crippen LogP contribution in [0.1, 0.15) is 61.1 Å². The van der Waals surface area contributed by atoms with Crippen LogP contribution < -0.4 is 5.73 Å². The zero-order valence-corrected chi connectivity index (χ0v) is 11.9. The van der Waals surface area contributed by atoms with Crippen molar-refractivity contribution < 1.29 is 0 Å². The summed E-state index contributed by atoms with van der Waals surface area (Å²) in [5, 5.41) is 0. The lowest BCUT2D eigenvalue weighted by atomic mass is 9.74. The van der Waals surface area contributed by atoms with Gasteiger partial charge in [-0.1, -0.05) is 43.0 Å². The quantitative estimate of drug-likeness (QED) is 0.840. The molecule has 0 radical (unpaired) electrons. The molecule has 0 heterocycles. The first-order valence-corrected chi connectivity index (χ1v) is 7.49. The van der Waals surface area contributed by atoms with E-state index in [-0.39, 0.29) is 0 Å². The fourth-order valence-corrected chi connectivity index (χ4v) is 3.52. The summed E-state index contributed by atoms with van der Waals surface area (Å²) in [5.41, 5.74) is 10.3. The molecule has 1 aromatic carbocycles. The minimum atomic E-state index is 0.690. The van der Waals surface area contributed by atoms with Crippen molar-refractivity contribution >= 4 is 0 Å². The van der Waals surface area contributed by atoms with Crippen LogP contribution in [0.5, 0.6) is 0 Å². The molecule has 1 aromatic rings. The fraction of sp³-hybridized carbons (Fsp3) is 0.647. The average Bonchev–Trinajstić information content (AvgIpc) is 2.40. The summed E-state index contributed by atoms with van der Waals surface area (Å²) < 4.78 is 0. The second-order valence-corrected chi connectivity index (χ2v) is 5.94. The molecular weight excluding hydrogens is 218 g/mol. The van der Waals surface area contributed by atoms with E-state index < -0.39 is 0 Å². The van der Waals surface area contributed by atoms with Gasteiger partial charge in [-0.15, -0.1) is 0 Å². The molecule has 1 saturated carbocycles. The molecule has 1 heteroatoms. The van der Waals surface area contributed by atoms with Crippen molar-refractivity contribution in [1.82, 2.24) is 0 Å². The molecule has 1 aliphatic rings. The molecule has 2 N–H and O–H groups in total. The first-order valence-electron chi connectivity index (χ1n) is 7.49. The molecule has 2 rings (SSSR count). The van der Waals surface area contributed by atoms with E-state index in [1.54, 1.807) is 5.56 Å². The number of hydrogen-bond donors (Lipinski definition) is 1. The molecule has 1 fully saturated rings. The van der Waals surface area contributed by atoms with Crippen molar-refractivity contribution in [3.63, 3.8) is 0 Å². The highest BCUT2D eigenvalue weighted by atomic mass is 14.5. The van der Waals surface area contributed by atoms with Crippen LogP contribution in [-0.4, -0.2) is 6.54 Å². The highest BCUT2D eigenvalue weighted by Crippen LogP contribution is 2.39. The molecule has 0 saturated heterocycles. The van der Waals surface area contributed by atoms with Gasteiger partial charge in [0.1, 0.15) is 0 Å². The Kier molecular flexibility index (Phi) is 4.82. The summed E-state index contributed by atoms with van der Waals surface area (Å²) in [5.74, 6) is 1.55. The summed E-state index contributed by atoms with van der Waals surface area (Å²) in [4.78, 5) is 0. The monoisotopic (exact) mass is 245 g/mol. The molecule has 1 atom stereocenters. The molecule has 1 aliphatic carbocycles. The summed E-state index contributed by atoms with van der Waals surface area (Å²) in [6, 6.07) is 6.89. The molecule has 0 aliphatic heterocycles. The van der Waals surface area contributed by atoms with Crippen molar-refractivity contribution in [1.29, 1.82) is 0 Å². The lowest BCUT2D eigenvalue weighted by molar-refractivity contribution is 0.295. The van der Waals surface area contributed by atoms with Gasteiger partial charge < -0.3 is 5.73 Å². The Labute approximate surface area is 112 Å².